The number of aromatic nitrogens is 2. The first-order valence-electron chi connectivity index (χ1n) is 10.1. The molecule has 4 rings (SSSR count). The van der Waals surface area contributed by atoms with Crippen molar-refractivity contribution in [2.24, 2.45) is 5.92 Å². The number of hydrogen-bond acceptors (Lipinski definition) is 5. The summed E-state index contributed by atoms with van der Waals surface area (Å²) in [5.74, 6) is 0.0415. The van der Waals surface area contributed by atoms with Gasteiger partial charge in [-0.15, -0.1) is 5.10 Å². The number of piperidine rings is 1. The third-order valence-electron chi connectivity index (χ3n) is 5.89. The second kappa shape index (κ2) is 8.43. The highest BCUT2D eigenvalue weighted by atomic mass is 32.1. The van der Waals surface area contributed by atoms with Crippen LogP contribution in [0, 0.1) is 5.92 Å². The van der Waals surface area contributed by atoms with Crippen LogP contribution in [0.3, 0.4) is 0 Å². The number of rotatable bonds is 5. The first-order valence-corrected chi connectivity index (χ1v) is 10.9. The first kappa shape index (κ1) is 19.7. The van der Waals surface area contributed by atoms with Crippen molar-refractivity contribution >= 4 is 17.4 Å². The molecule has 150 valence electrons. The average molecular weight is 408 g/mol. The predicted molar refractivity (Wildman–Crippen MR) is 114 cm³/mol. The molecule has 1 saturated heterocycles. The van der Waals surface area contributed by atoms with Gasteiger partial charge in [0.25, 0.3) is 5.91 Å². The third kappa shape index (κ3) is 3.70. The molecule has 1 aromatic heterocycles. The molecule has 1 N–H and O–H groups in total. The molecule has 2 heterocycles. The molecule has 0 radical (unpaired) electrons. The van der Waals surface area contributed by atoms with E-state index >= 15 is 0 Å². The summed E-state index contributed by atoms with van der Waals surface area (Å²) in [7, 11) is 0. The van der Waals surface area contributed by atoms with Crippen molar-refractivity contribution in [1.82, 2.24) is 14.5 Å². The van der Waals surface area contributed by atoms with Gasteiger partial charge < -0.3 is 10.0 Å². The number of benzene rings is 2. The summed E-state index contributed by atoms with van der Waals surface area (Å²) < 4.78 is 3.95. The van der Waals surface area contributed by atoms with Crippen LogP contribution in [0.25, 0.3) is 0 Å². The second-order valence-electron chi connectivity index (χ2n) is 7.47. The molecule has 5 nitrogen and oxygen atoms in total. The van der Waals surface area contributed by atoms with Crippen molar-refractivity contribution in [3.05, 3.63) is 82.4 Å². The Hall–Kier alpha value is -2.57. The summed E-state index contributed by atoms with van der Waals surface area (Å²) in [6.07, 6.45) is 2.18. The number of aryl methyl sites for hydroxylation is 1. The Morgan fingerprint density at radius 2 is 1.62 bits per heavy atom. The summed E-state index contributed by atoms with van der Waals surface area (Å²) in [5, 5.41) is 16.0. The fourth-order valence-corrected chi connectivity index (χ4v) is 4.99. The Kier molecular flexibility index (Phi) is 5.74. The molecule has 29 heavy (non-hydrogen) atoms. The lowest BCUT2D eigenvalue weighted by molar-refractivity contribution is -0.0122. The number of carbonyl (C=O) groups excluding carboxylic acids is 1. The molecule has 1 amide bonds. The zero-order valence-electron chi connectivity index (χ0n) is 16.5. The van der Waals surface area contributed by atoms with Gasteiger partial charge in [0.05, 0.1) is 5.69 Å². The molecule has 1 aliphatic heterocycles. The van der Waals surface area contributed by atoms with E-state index in [4.69, 9.17) is 0 Å². The van der Waals surface area contributed by atoms with Crippen LogP contribution in [-0.2, 0) is 12.0 Å². The lowest BCUT2D eigenvalue weighted by atomic mass is 9.72. The van der Waals surface area contributed by atoms with Crippen LogP contribution in [0.1, 0.15) is 46.3 Å². The number of aliphatic hydroxyl groups is 1. The highest BCUT2D eigenvalue weighted by Crippen LogP contribution is 2.42. The minimum absolute atomic E-state index is 0.0123. The lowest BCUT2D eigenvalue weighted by Crippen LogP contribution is -2.46. The summed E-state index contributed by atoms with van der Waals surface area (Å²) in [6, 6.07) is 19.7. The maximum Gasteiger partial charge on any atom is 0.267 e. The minimum Gasteiger partial charge on any atom is -0.380 e. The smallest absolute Gasteiger partial charge is 0.267 e. The van der Waals surface area contributed by atoms with E-state index in [1.807, 2.05) is 72.5 Å². The molecule has 0 spiro atoms. The Morgan fingerprint density at radius 1 is 1.07 bits per heavy atom. The predicted octanol–water partition coefficient (Wildman–Crippen LogP) is 3.89. The molecule has 0 aliphatic carbocycles. The van der Waals surface area contributed by atoms with Crippen LogP contribution in [0.4, 0.5) is 0 Å². The fraction of sp³-hybridized carbons (Fsp3) is 0.348. The number of nitrogens with zero attached hydrogens (tertiary/aromatic N) is 3. The van der Waals surface area contributed by atoms with Crippen molar-refractivity contribution in [3.8, 4) is 0 Å². The Labute approximate surface area is 175 Å². The largest absolute Gasteiger partial charge is 0.380 e. The van der Waals surface area contributed by atoms with Gasteiger partial charge in [-0.25, -0.2) is 0 Å². The molecular weight excluding hydrogens is 382 g/mol. The van der Waals surface area contributed by atoms with E-state index in [2.05, 4.69) is 9.59 Å². The van der Waals surface area contributed by atoms with E-state index < -0.39 is 5.60 Å². The zero-order chi connectivity index (χ0) is 20.3. The molecule has 0 atom stereocenters. The molecule has 1 aliphatic rings. The van der Waals surface area contributed by atoms with Gasteiger partial charge in [0.1, 0.15) is 10.5 Å². The van der Waals surface area contributed by atoms with Gasteiger partial charge in [-0.1, -0.05) is 72.1 Å². The van der Waals surface area contributed by atoms with E-state index in [1.54, 1.807) is 0 Å². The van der Waals surface area contributed by atoms with Crippen molar-refractivity contribution in [2.75, 3.05) is 13.1 Å². The lowest BCUT2D eigenvalue weighted by Gasteiger charge is -2.42. The Morgan fingerprint density at radius 3 is 2.14 bits per heavy atom. The summed E-state index contributed by atoms with van der Waals surface area (Å²) in [6.45, 7) is 3.22. The van der Waals surface area contributed by atoms with E-state index in [0.717, 1.165) is 29.7 Å². The Balaban J connectivity index is 1.57. The van der Waals surface area contributed by atoms with Gasteiger partial charge in [-0.3, -0.25) is 4.79 Å². The minimum atomic E-state index is -1.07. The molecule has 0 unspecified atom stereocenters. The van der Waals surface area contributed by atoms with Crippen LogP contribution in [0.2, 0.25) is 0 Å². The van der Waals surface area contributed by atoms with Gasteiger partial charge >= 0.3 is 0 Å². The number of likely N-dealkylation sites (tertiary alicyclic amines) is 1. The average Bonchev–Trinajstić information content (AvgIpc) is 3.28. The van der Waals surface area contributed by atoms with Gasteiger partial charge in [0.2, 0.25) is 0 Å². The monoisotopic (exact) mass is 407 g/mol. The summed E-state index contributed by atoms with van der Waals surface area (Å²) in [4.78, 5) is 15.5. The molecule has 2 aromatic carbocycles. The zero-order valence-corrected chi connectivity index (χ0v) is 17.3. The van der Waals surface area contributed by atoms with Gasteiger partial charge in [-0.2, -0.15) is 0 Å². The summed E-state index contributed by atoms with van der Waals surface area (Å²) >= 11 is 1.17. The molecular formula is C23H25N3O2S. The fourth-order valence-electron chi connectivity index (χ4n) is 4.27. The van der Waals surface area contributed by atoms with Crippen LogP contribution in [-0.4, -0.2) is 38.6 Å². The van der Waals surface area contributed by atoms with E-state index in [9.17, 15) is 9.90 Å². The first-order chi connectivity index (χ1) is 14.1. The molecule has 1 fully saturated rings. The van der Waals surface area contributed by atoms with Gasteiger partial charge in [-0.05, 0) is 47.8 Å². The highest BCUT2D eigenvalue weighted by molar-refractivity contribution is 7.08. The molecule has 0 bridgehead atoms. The highest BCUT2D eigenvalue weighted by Gasteiger charge is 2.42. The maximum atomic E-state index is 12.9. The number of hydrogen-bond donors (Lipinski definition) is 1. The van der Waals surface area contributed by atoms with E-state index in [-0.39, 0.29) is 11.8 Å². The summed E-state index contributed by atoms with van der Waals surface area (Å²) in [5.41, 5.74) is 1.50. The van der Waals surface area contributed by atoms with Crippen molar-refractivity contribution in [1.29, 1.82) is 0 Å². The van der Waals surface area contributed by atoms with Gasteiger partial charge in [0.15, 0.2) is 0 Å². The topological polar surface area (TPSA) is 66.3 Å². The van der Waals surface area contributed by atoms with Crippen LogP contribution >= 0.6 is 11.5 Å². The SMILES string of the molecule is CCc1nnsc1C(=O)N1CCC(C(O)(c2ccccc2)c2ccccc2)CC1. The molecule has 6 heteroatoms. The molecule has 3 aromatic rings. The maximum absolute atomic E-state index is 12.9. The number of amides is 1. The second-order valence-corrected chi connectivity index (χ2v) is 8.22. The van der Waals surface area contributed by atoms with Crippen LogP contribution < -0.4 is 0 Å². The third-order valence-corrected chi connectivity index (χ3v) is 6.64. The van der Waals surface area contributed by atoms with Crippen molar-refractivity contribution in [2.45, 2.75) is 31.8 Å². The van der Waals surface area contributed by atoms with Crippen LogP contribution in [0.5, 0.6) is 0 Å². The quantitative estimate of drug-likeness (QED) is 0.697. The standard InChI is InChI=1S/C23H25N3O2S/c1-2-20-21(29-25-24-20)22(27)26-15-13-19(14-16-26)23(28,17-9-5-3-6-10-17)18-11-7-4-8-12-18/h3-12,19,28H,2,13-16H2,1H3. The number of carbonyl (C=O) groups is 1. The van der Waals surface area contributed by atoms with Crippen molar-refractivity contribution in [3.63, 3.8) is 0 Å². The normalized spacial score (nSPS) is 15.4. The molecule has 0 saturated carbocycles. The van der Waals surface area contributed by atoms with Gasteiger partial charge in [0, 0.05) is 13.1 Å². The van der Waals surface area contributed by atoms with Crippen LogP contribution in [0.15, 0.2) is 60.7 Å². The van der Waals surface area contributed by atoms with Crippen molar-refractivity contribution < 1.29 is 9.90 Å². The van der Waals surface area contributed by atoms with E-state index in [0.29, 0.717) is 24.4 Å². The Bertz CT molecular complexity index is 911. The van der Waals surface area contributed by atoms with E-state index in [1.165, 1.54) is 11.5 Å².